The van der Waals surface area contributed by atoms with Gasteiger partial charge in [-0.3, -0.25) is 0 Å². The van der Waals surface area contributed by atoms with Gasteiger partial charge in [-0.1, -0.05) is 6.92 Å². The minimum Gasteiger partial charge on any atom is -0.466 e. The van der Waals surface area contributed by atoms with Crippen LogP contribution < -0.4 is 0 Å². The molecule has 17 heavy (non-hydrogen) atoms. The molecule has 0 N–H and O–H groups in total. The van der Waals surface area contributed by atoms with Crippen molar-refractivity contribution in [2.24, 2.45) is 5.41 Å². The molecule has 2 heterocycles. The van der Waals surface area contributed by atoms with Gasteiger partial charge in [0.1, 0.15) is 0 Å². The van der Waals surface area contributed by atoms with E-state index in [0.29, 0.717) is 32.8 Å². The summed E-state index contributed by atoms with van der Waals surface area (Å²) in [5, 5.41) is 0. The van der Waals surface area contributed by atoms with Gasteiger partial charge in [0.2, 0.25) is 0 Å². The van der Waals surface area contributed by atoms with Crippen LogP contribution >= 0.6 is 0 Å². The lowest BCUT2D eigenvalue weighted by Crippen LogP contribution is -2.28. The van der Waals surface area contributed by atoms with Gasteiger partial charge in [-0.15, -0.1) is 0 Å². The molecule has 0 spiro atoms. The summed E-state index contributed by atoms with van der Waals surface area (Å²) in [5.41, 5.74) is 4.26. The molecule has 4 nitrogen and oxygen atoms in total. The zero-order valence-electron chi connectivity index (χ0n) is 10.2. The van der Waals surface area contributed by atoms with Crippen LogP contribution in [0, 0.1) is 5.41 Å². The summed E-state index contributed by atoms with van der Waals surface area (Å²) in [7, 11) is 1.43. The van der Waals surface area contributed by atoms with Crippen molar-refractivity contribution in [3.8, 4) is 0 Å². The van der Waals surface area contributed by atoms with Crippen molar-refractivity contribution in [3.63, 3.8) is 0 Å². The average Bonchev–Trinajstić information content (AvgIpc) is 2.91. The van der Waals surface area contributed by atoms with Crippen LogP contribution in [0.3, 0.4) is 0 Å². The lowest BCUT2D eigenvalue weighted by molar-refractivity contribution is -0.136. The fourth-order valence-corrected chi connectivity index (χ4v) is 3.03. The van der Waals surface area contributed by atoms with E-state index in [1.165, 1.54) is 18.3 Å². The zero-order valence-corrected chi connectivity index (χ0v) is 10.2. The molecule has 4 heteroatoms. The minimum absolute atomic E-state index is 0.0456. The minimum atomic E-state index is -0.227. The van der Waals surface area contributed by atoms with Gasteiger partial charge >= 0.3 is 5.97 Å². The highest BCUT2D eigenvalue weighted by Gasteiger charge is 2.45. The summed E-state index contributed by atoms with van der Waals surface area (Å²) in [5.74, 6) is -0.227. The molecule has 2 aliphatic heterocycles. The second-order valence-corrected chi connectivity index (χ2v) is 5.13. The second-order valence-electron chi connectivity index (χ2n) is 5.13. The highest BCUT2D eigenvalue weighted by molar-refractivity contribution is 5.91. The first-order valence-corrected chi connectivity index (χ1v) is 5.84. The van der Waals surface area contributed by atoms with Gasteiger partial charge in [0.15, 0.2) is 0 Å². The monoisotopic (exact) mass is 236 g/mol. The van der Waals surface area contributed by atoms with E-state index in [9.17, 15) is 4.79 Å². The molecule has 0 aromatic heterocycles. The second kappa shape index (κ2) is 3.68. The first-order chi connectivity index (χ1) is 8.15. The molecule has 0 amide bonds. The van der Waals surface area contributed by atoms with Crippen molar-refractivity contribution < 1.29 is 19.0 Å². The topological polar surface area (TPSA) is 44.8 Å². The molecular formula is C13H16O4. The Hall–Kier alpha value is -1.13. The molecule has 0 saturated carbocycles. The number of carbonyl (C=O) groups excluding carboxylic acids is 1. The summed E-state index contributed by atoms with van der Waals surface area (Å²) >= 11 is 0. The summed E-state index contributed by atoms with van der Waals surface area (Å²) in [6, 6.07) is 0. The van der Waals surface area contributed by atoms with Crippen LogP contribution in [0.15, 0.2) is 22.3 Å². The van der Waals surface area contributed by atoms with Gasteiger partial charge in [0.25, 0.3) is 0 Å². The highest BCUT2D eigenvalue weighted by atomic mass is 16.5. The van der Waals surface area contributed by atoms with Crippen molar-refractivity contribution in [2.75, 3.05) is 33.5 Å². The molecule has 1 aliphatic carbocycles. The van der Waals surface area contributed by atoms with E-state index in [1.54, 1.807) is 0 Å². The normalized spacial score (nSPS) is 31.6. The Morgan fingerprint density at radius 1 is 1.24 bits per heavy atom. The molecule has 0 aromatic rings. The maximum Gasteiger partial charge on any atom is 0.334 e. The quantitative estimate of drug-likeness (QED) is 0.642. The fourth-order valence-electron chi connectivity index (χ4n) is 3.03. The molecule has 1 atom stereocenters. The zero-order chi connectivity index (χ0) is 12.0. The molecule has 0 aromatic carbocycles. The van der Waals surface area contributed by atoms with Crippen LogP contribution in [-0.2, 0) is 19.0 Å². The SMILES string of the molecule is COC(=O)C1=C2COCC2=C2COCC2(C)C1. The van der Waals surface area contributed by atoms with Crippen LogP contribution in [0.25, 0.3) is 0 Å². The van der Waals surface area contributed by atoms with Crippen LogP contribution in [-0.4, -0.2) is 39.5 Å². The molecular weight excluding hydrogens is 220 g/mol. The number of fused-ring (bicyclic) bond motifs is 2. The molecule has 2 saturated heterocycles. The van der Waals surface area contributed by atoms with E-state index in [4.69, 9.17) is 14.2 Å². The van der Waals surface area contributed by atoms with Crippen molar-refractivity contribution in [1.29, 1.82) is 0 Å². The van der Waals surface area contributed by atoms with E-state index in [0.717, 1.165) is 11.1 Å². The maximum atomic E-state index is 11.8. The van der Waals surface area contributed by atoms with Crippen molar-refractivity contribution >= 4 is 5.97 Å². The third kappa shape index (κ3) is 1.47. The standard InChI is InChI=1S/C13H16O4/c1-13-3-8(12(14)15-2)9-4-16-5-10(9)11(13)6-17-7-13/h3-7H2,1-2H3. The number of esters is 1. The van der Waals surface area contributed by atoms with Gasteiger partial charge in [-0.2, -0.15) is 0 Å². The Bertz CT molecular complexity index is 446. The fraction of sp³-hybridized carbons (Fsp3) is 0.615. The van der Waals surface area contributed by atoms with Crippen LogP contribution in [0.5, 0.6) is 0 Å². The molecule has 2 fully saturated rings. The van der Waals surface area contributed by atoms with E-state index >= 15 is 0 Å². The lowest BCUT2D eigenvalue weighted by Gasteiger charge is -2.31. The van der Waals surface area contributed by atoms with Gasteiger partial charge in [-0.05, 0) is 23.1 Å². The van der Waals surface area contributed by atoms with Gasteiger partial charge < -0.3 is 14.2 Å². The highest BCUT2D eigenvalue weighted by Crippen LogP contribution is 2.48. The molecule has 92 valence electrons. The third-order valence-electron chi connectivity index (χ3n) is 3.98. The average molecular weight is 236 g/mol. The predicted octanol–water partition coefficient (Wildman–Crippen LogP) is 1.22. The Morgan fingerprint density at radius 2 is 2.00 bits per heavy atom. The number of hydrogen-bond donors (Lipinski definition) is 0. The first-order valence-electron chi connectivity index (χ1n) is 5.84. The summed E-state index contributed by atoms with van der Waals surface area (Å²) in [6.07, 6.45) is 0.706. The van der Waals surface area contributed by atoms with Gasteiger partial charge in [0.05, 0.1) is 33.5 Å². The van der Waals surface area contributed by atoms with Crippen LogP contribution in [0.4, 0.5) is 0 Å². The predicted molar refractivity (Wildman–Crippen MR) is 60.4 cm³/mol. The van der Waals surface area contributed by atoms with E-state index in [1.807, 2.05) is 0 Å². The smallest absolute Gasteiger partial charge is 0.334 e. The number of rotatable bonds is 1. The number of ether oxygens (including phenoxy) is 3. The summed E-state index contributed by atoms with van der Waals surface area (Å²) < 4.78 is 15.9. The first kappa shape index (κ1) is 11.0. The maximum absolute atomic E-state index is 11.8. The Balaban J connectivity index is 2.12. The molecule has 3 aliphatic rings. The lowest BCUT2D eigenvalue weighted by atomic mass is 9.71. The number of methoxy groups -OCH3 is 1. The number of carbonyl (C=O) groups is 1. The van der Waals surface area contributed by atoms with Crippen LogP contribution in [0.1, 0.15) is 13.3 Å². The van der Waals surface area contributed by atoms with E-state index in [-0.39, 0.29) is 11.4 Å². The van der Waals surface area contributed by atoms with Crippen molar-refractivity contribution in [2.45, 2.75) is 13.3 Å². The Labute approximate surface area is 100 Å². The molecule has 0 bridgehead atoms. The van der Waals surface area contributed by atoms with Crippen molar-refractivity contribution in [1.82, 2.24) is 0 Å². The summed E-state index contributed by atoms with van der Waals surface area (Å²) in [4.78, 5) is 11.8. The summed E-state index contributed by atoms with van der Waals surface area (Å²) in [6.45, 7) is 4.64. The van der Waals surface area contributed by atoms with E-state index < -0.39 is 0 Å². The largest absolute Gasteiger partial charge is 0.466 e. The molecule has 0 radical (unpaired) electrons. The number of hydrogen-bond acceptors (Lipinski definition) is 4. The third-order valence-corrected chi connectivity index (χ3v) is 3.98. The molecule has 3 rings (SSSR count). The molecule has 1 unspecified atom stereocenters. The Kier molecular flexibility index (Phi) is 2.38. The van der Waals surface area contributed by atoms with E-state index in [2.05, 4.69) is 6.92 Å². The van der Waals surface area contributed by atoms with Gasteiger partial charge in [0, 0.05) is 11.0 Å². The van der Waals surface area contributed by atoms with Crippen LogP contribution in [0.2, 0.25) is 0 Å². The Morgan fingerprint density at radius 3 is 2.76 bits per heavy atom. The van der Waals surface area contributed by atoms with Crippen molar-refractivity contribution in [3.05, 3.63) is 22.3 Å². The van der Waals surface area contributed by atoms with Gasteiger partial charge in [-0.25, -0.2) is 4.79 Å².